The number of nitrogens with zero attached hydrogens (tertiary/aromatic N) is 2. The summed E-state index contributed by atoms with van der Waals surface area (Å²) in [5.41, 5.74) is 0. The van der Waals surface area contributed by atoms with Crippen LogP contribution in [0.3, 0.4) is 0 Å². The smallest absolute Gasteiger partial charge is 0.0110 e. The van der Waals surface area contributed by atoms with Crippen molar-refractivity contribution in [3.05, 3.63) is 0 Å². The summed E-state index contributed by atoms with van der Waals surface area (Å²) < 4.78 is 0. The fourth-order valence-corrected chi connectivity index (χ4v) is 1.87. The molecule has 1 N–H and O–H groups in total. The molecule has 0 bridgehead atoms. The Balaban J connectivity index is 0.000000461. The molecular weight excluding hydrogens is 174 g/mol. The van der Waals surface area contributed by atoms with Crippen LogP contribution in [-0.2, 0) is 0 Å². The summed E-state index contributed by atoms with van der Waals surface area (Å²) >= 11 is 0. The zero-order valence-corrected chi connectivity index (χ0v) is 9.92. The lowest BCUT2D eigenvalue weighted by atomic mass is 10.0. The van der Waals surface area contributed by atoms with Crippen LogP contribution in [0.15, 0.2) is 0 Å². The second-order valence-electron chi connectivity index (χ2n) is 4.13. The van der Waals surface area contributed by atoms with Crippen LogP contribution in [0.25, 0.3) is 0 Å². The molecule has 3 heteroatoms. The zero-order chi connectivity index (χ0) is 10.4. The van der Waals surface area contributed by atoms with Gasteiger partial charge in [-0.3, -0.25) is 0 Å². The number of hydrogen-bond acceptors (Lipinski definition) is 3. The summed E-state index contributed by atoms with van der Waals surface area (Å²) in [6.45, 7) is 12.8. The average Bonchev–Trinajstić information content (AvgIpc) is 2.17. The summed E-state index contributed by atoms with van der Waals surface area (Å²) in [5, 5.41) is 3.32. The number of piperazine rings is 1. The molecule has 0 spiro atoms. The molecule has 0 amide bonds. The first-order valence-electron chi connectivity index (χ1n) is 5.96. The van der Waals surface area contributed by atoms with Gasteiger partial charge in [-0.1, -0.05) is 13.8 Å². The summed E-state index contributed by atoms with van der Waals surface area (Å²) in [6.07, 6.45) is 0. The molecule has 2 aliphatic rings. The Labute approximate surface area is 88.5 Å². The van der Waals surface area contributed by atoms with Crippen LogP contribution in [0.2, 0.25) is 0 Å². The molecule has 0 saturated carbocycles. The highest BCUT2D eigenvalue weighted by atomic mass is 15.2. The minimum atomic E-state index is 0.938. The van der Waals surface area contributed by atoms with Gasteiger partial charge in [0.1, 0.15) is 0 Å². The van der Waals surface area contributed by atoms with Gasteiger partial charge in [0.05, 0.1) is 0 Å². The van der Waals surface area contributed by atoms with Gasteiger partial charge < -0.3 is 15.1 Å². The van der Waals surface area contributed by atoms with Crippen molar-refractivity contribution >= 4 is 0 Å². The van der Waals surface area contributed by atoms with E-state index in [1.54, 1.807) is 0 Å². The molecule has 84 valence electrons. The predicted octanol–water partition coefficient (Wildman–Crippen LogP) is 0.479. The maximum atomic E-state index is 3.32. The first kappa shape index (κ1) is 12.0. The summed E-state index contributed by atoms with van der Waals surface area (Å²) in [5.74, 6) is 0.938. The minimum Gasteiger partial charge on any atom is -0.316 e. The van der Waals surface area contributed by atoms with Crippen LogP contribution in [-0.4, -0.2) is 62.7 Å². The molecule has 2 aliphatic heterocycles. The van der Waals surface area contributed by atoms with Crippen molar-refractivity contribution < 1.29 is 0 Å². The lowest BCUT2D eigenvalue weighted by Gasteiger charge is -2.37. The third-order valence-electron chi connectivity index (χ3n) is 2.98. The number of likely N-dealkylation sites (N-methyl/N-ethyl adjacent to an activating group) is 1. The Morgan fingerprint density at radius 2 is 1.64 bits per heavy atom. The molecule has 2 saturated heterocycles. The van der Waals surface area contributed by atoms with E-state index < -0.39 is 0 Å². The van der Waals surface area contributed by atoms with Crippen LogP contribution < -0.4 is 5.32 Å². The Morgan fingerprint density at radius 3 is 2.07 bits per heavy atom. The topological polar surface area (TPSA) is 18.5 Å². The van der Waals surface area contributed by atoms with Crippen molar-refractivity contribution in [2.24, 2.45) is 5.92 Å². The van der Waals surface area contributed by atoms with E-state index in [0.717, 1.165) is 5.92 Å². The molecule has 2 rings (SSSR count). The molecule has 0 atom stereocenters. The molecule has 0 radical (unpaired) electrons. The first-order valence-corrected chi connectivity index (χ1v) is 5.96. The monoisotopic (exact) mass is 199 g/mol. The number of nitrogens with one attached hydrogen (secondary N) is 1. The van der Waals surface area contributed by atoms with Gasteiger partial charge in [-0.05, 0) is 13.0 Å². The van der Waals surface area contributed by atoms with E-state index in [9.17, 15) is 0 Å². The van der Waals surface area contributed by atoms with Crippen LogP contribution >= 0.6 is 0 Å². The Bertz CT molecular complexity index is 137. The zero-order valence-electron chi connectivity index (χ0n) is 9.92. The van der Waals surface area contributed by atoms with Gasteiger partial charge in [0.25, 0.3) is 0 Å². The van der Waals surface area contributed by atoms with Gasteiger partial charge in [-0.25, -0.2) is 0 Å². The molecule has 0 aromatic heterocycles. The highest BCUT2D eigenvalue weighted by Crippen LogP contribution is 2.07. The lowest BCUT2D eigenvalue weighted by molar-refractivity contribution is 0.122. The molecule has 3 nitrogen and oxygen atoms in total. The molecule has 0 aromatic rings. The van der Waals surface area contributed by atoms with Gasteiger partial charge in [-0.2, -0.15) is 0 Å². The minimum absolute atomic E-state index is 0.938. The van der Waals surface area contributed by atoms with Crippen LogP contribution in [0.5, 0.6) is 0 Å². The largest absolute Gasteiger partial charge is 0.316 e. The van der Waals surface area contributed by atoms with Crippen LogP contribution in [0.1, 0.15) is 13.8 Å². The van der Waals surface area contributed by atoms with E-state index >= 15 is 0 Å². The van der Waals surface area contributed by atoms with Crippen molar-refractivity contribution in [2.45, 2.75) is 13.8 Å². The van der Waals surface area contributed by atoms with Crippen molar-refractivity contribution in [1.82, 2.24) is 15.1 Å². The van der Waals surface area contributed by atoms with Crippen LogP contribution in [0, 0.1) is 5.92 Å². The highest BCUT2D eigenvalue weighted by molar-refractivity contribution is 4.80. The van der Waals surface area contributed by atoms with Crippen LogP contribution in [0.4, 0.5) is 0 Å². The quantitative estimate of drug-likeness (QED) is 0.698. The fourth-order valence-electron chi connectivity index (χ4n) is 1.87. The predicted molar refractivity (Wildman–Crippen MR) is 61.6 cm³/mol. The second-order valence-corrected chi connectivity index (χ2v) is 4.13. The second kappa shape index (κ2) is 6.38. The Morgan fingerprint density at radius 1 is 1.07 bits per heavy atom. The van der Waals surface area contributed by atoms with E-state index in [2.05, 4.69) is 22.2 Å². The third-order valence-corrected chi connectivity index (χ3v) is 2.98. The number of rotatable bonds is 2. The normalized spacial score (nSPS) is 25.1. The van der Waals surface area contributed by atoms with E-state index in [1.807, 2.05) is 13.8 Å². The summed E-state index contributed by atoms with van der Waals surface area (Å²) in [4.78, 5) is 5.01. The third kappa shape index (κ3) is 3.56. The fraction of sp³-hybridized carbons (Fsp3) is 1.00. The molecule has 0 unspecified atom stereocenters. The van der Waals surface area contributed by atoms with Crippen molar-refractivity contribution in [3.8, 4) is 0 Å². The molecule has 0 aromatic carbocycles. The van der Waals surface area contributed by atoms with Crippen molar-refractivity contribution in [2.75, 3.05) is 52.9 Å². The van der Waals surface area contributed by atoms with E-state index in [1.165, 1.54) is 45.8 Å². The van der Waals surface area contributed by atoms with Gasteiger partial charge in [0, 0.05) is 45.8 Å². The molecule has 0 aliphatic carbocycles. The van der Waals surface area contributed by atoms with E-state index in [-0.39, 0.29) is 0 Å². The van der Waals surface area contributed by atoms with Gasteiger partial charge in [0.15, 0.2) is 0 Å². The Hall–Kier alpha value is -0.120. The number of hydrogen-bond donors (Lipinski definition) is 1. The van der Waals surface area contributed by atoms with Gasteiger partial charge in [0.2, 0.25) is 0 Å². The SMILES string of the molecule is CC.CN1CCN(CC2CNC2)CC1. The maximum Gasteiger partial charge on any atom is 0.0110 e. The van der Waals surface area contributed by atoms with Crippen molar-refractivity contribution in [3.63, 3.8) is 0 Å². The summed E-state index contributed by atoms with van der Waals surface area (Å²) in [6, 6.07) is 0. The molecule has 2 heterocycles. The summed E-state index contributed by atoms with van der Waals surface area (Å²) in [7, 11) is 2.21. The van der Waals surface area contributed by atoms with Gasteiger partial charge in [-0.15, -0.1) is 0 Å². The highest BCUT2D eigenvalue weighted by Gasteiger charge is 2.21. The molecule has 2 fully saturated rings. The van der Waals surface area contributed by atoms with E-state index in [4.69, 9.17) is 0 Å². The molecular formula is C11H25N3. The lowest BCUT2D eigenvalue weighted by Crippen LogP contribution is -2.52. The van der Waals surface area contributed by atoms with Crippen molar-refractivity contribution in [1.29, 1.82) is 0 Å². The first-order chi connectivity index (χ1) is 6.84. The average molecular weight is 199 g/mol. The maximum absolute atomic E-state index is 3.32. The van der Waals surface area contributed by atoms with Gasteiger partial charge >= 0.3 is 0 Å². The Kier molecular flexibility index (Phi) is 5.45. The molecule has 14 heavy (non-hydrogen) atoms. The van der Waals surface area contributed by atoms with E-state index in [0.29, 0.717) is 0 Å². The standard InChI is InChI=1S/C9H19N3.C2H6/c1-11-2-4-12(5-3-11)8-9-6-10-7-9;1-2/h9-10H,2-8H2,1H3;1-2H3.